The first kappa shape index (κ1) is 26.3. The Labute approximate surface area is 220 Å². The zero-order valence-corrected chi connectivity index (χ0v) is 22.3. The van der Waals surface area contributed by atoms with E-state index in [1.165, 1.54) is 5.56 Å². The van der Waals surface area contributed by atoms with Crippen LogP contribution in [0.1, 0.15) is 83.1 Å². The van der Waals surface area contributed by atoms with Gasteiger partial charge in [-0.3, -0.25) is 9.59 Å². The highest BCUT2D eigenvalue weighted by atomic mass is 16.7. The van der Waals surface area contributed by atoms with Gasteiger partial charge in [0, 0.05) is 26.1 Å². The molecular weight excluding hydrogens is 470 g/mol. The van der Waals surface area contributed by atoms with Crippen LogP contribution < -0.4 is 14.8 Å². The molecule has 4 aliphatic rings. The zero-order valence-electron chi connectivity index (χ0n) is 22.3. The second-order valence-corrected chi connectivity index (χ2v) is 11.5. The van der Waals surface area contributed by atoms with Gasteiger partial charge in [0.2, 0.25) is 18.6 Å². The summed E-state index contributed by atoms with van der Waals surface area (Å²) in [5.41, 5.74) is -0.427. The van der Waals surface area contributed by atoms with Crippen molar-refractivity contribution in [3.63, 3.8) is 0 Å². The van der Waals surface area contributed by atoms with Crippen molar-refractivity contribution >= 4 is 11.8 Å². The Morgan fingerprint density at radius 3 is 2.57 bits per heavy atom. The number of hydrogen-bond acceptors (Lipinski definition) is 6. The largest absolute Gasteiger partial charge is 0.454 e. The molecule has 2 N–H and O–H groups in total. The minimum absolute atomic E-state index is 0.000602. The fourth-order valence-corrected chi connectivity index (χ4v) is 6.77. The SMILES string of the molecule is CCCCN1C(=O)[C@@H](CC2(O)CCCCC2)NC(=O)C12CCN(CCCc1cccc3c1OCO3)CC2. The monoisotopic (exact) mass is 513 g/mol. The summed E-state index contributed by atoms with van der Waals surface area (Å²) in [6, 6.07) is 5.44. The third-order valence-electron chi connectivity index (χ3n) is 8.99. The molecule has 3 heterocycles. The molecule has 37 heavy (non-hydrogen) atoms. The van der Waals surface area contributed by atoms with Crippen LogP contribution in [0.5, 0.6) is 11.5 Å². The number of unbranched alkanes of at least 4 members (excludes halogenated alkanes) is 1. The fraction of sp³-hybridized carbons (Fsp3) is 0.724. The van der Waals surface area contributed by atoms with E-state index < -0.39 is 17.2 Å². The second kappa shape index (κ2) is 11.2. The van der Waals surface area contributed by atoms with E-state index in [-0.39, 0.29) is 18.6 Å². The predicted molar refractivity (Wildman–Crippen MR) is 140 cm³/mol. The van der Waals surface area contributed by atoms with E-state index >= 15 is 0 Å². The number of fused-ring (bicyclic) bond motifs is 1. The normalized spacial score (nSPS) is 24.9. The number of nitrogens with zero attached hydrogens (tertiary/aromatic N) is 2. The number of piperidine rings is 1. The highest BCUT2D eigenvalue weighted by molar-refractivity contribution is 6.00. The maximum absolute atomic E-state index is 13.7. The molecular formula is C29H43N3O5. The van der Waals surface area contributed by atoms with Crippen molar-refractivity contribution in [1.29, 1.82) is 0 Å². The van der Waals surface area contributed by atoms with Gasteiger partial charge in [-0.05, 0) is 63.1 Å². The molecule has 1 spiro atoms. The maximum atomic E-state index is 13.7. The average Bonchev–Trinajstić information content (AvgIpc) is 3.39. The average molecular weight is 514 g/mol. The number of aryl methyl sites for hydroxylation is 1. The number of carbonyl (C=O) groups excluding carboxylic acids is 2. The van der Waals surface area contributed by atoms with Crippen molar-refractivity contribution in [1.82, 2.24) is 15.1 Å². The van der Waals surface area contributed by atoms with Gasteiger partial charge in [0.15, 0.2) is 11.5 Å². The minimum atomic E-state index is -0.841. The van der Waals surface area contributed by atoms with Crippen LogP contribution in [0.3, 0.4) is 0 Å². The van der Waals surface area contributed by atoms with Crippen LogP contribution in [-0.4, -0.2) is 76.9 Å². The van der Waals surface area contributed by atoms with Gasteiger partial charge in [0.1, 0.15) is 11.6 Å². The standard InChI is InChI=1S/C29H43N3O5/c1-2-3-17-32-26(33)23(20-28(35)12-5-4-6-13-28)30-27(34)29(32)14-18-31(19-15-29)16-8-10-22-9-7-11-24-25(22)37-21-36-24/h7,9,11,23,35H,2-6,8,10,12-21H2,1H3,(H,30,34)/t23-/m1/s1. The van der Waals surface area contributed by atoms with Crippen molar-refractivity contribution in [2.75, 3.05) is 33.0 Å². The molecule has 1 aliphatic carbocycles. The van der Waals surface area contributed by atoms with Gasteiger partial charge in [0.05, 0.1) is 5.60 Å². The summed E-state index contributed by atoms with van der Waals surface area (Å²) < 4.78 is 11.1. The minimum Gasteiger partial charge on any atom is -0.454 e. The molecule has 0 unspecified atom stereocenters. The number of piperazine rings is 1. The molecule has 0 bridgehead atoms. The Bertz CT molecular complexity index is 968. The quantitative estimate of drug-likeness (QED) is 0.526. The second-order valence-electron chi connectivity index (χ2n) is 11.5. The summed E-state index contributed by atoms with van der Waals surface area (Å²) in [7, 11) is 0. The third-order valence-corrected chi connectivity index (χ3v) is 8.99. The molecule has 8 nitrogen and oxygen atoms in total. The molecule has 3 fully saturated rings. The lowest BCUT2D eigenvalue weighted by Gasteiger charge is -2.52. The van der Waals surface area contributed by atoms with Crippen molar-refractivity contribution in [3.05, 3.63) is 23.8 Å². The molecule has 0 aromatic heterocycles. The molecule has 5 rings (SSSR count). The first-order chi connectivity index (χ1) is 17.9. The predicted octanol–water partition coefficient (Wildman–Crippen LogP) is 3.39. The molecule has 1 aromatic rings. The van der Waals surface area contributed by atoms with Crippen LogP contribution >= 0.6 is 0 Å². The molecule has 2 amide bonds. The van der Waals surface area contributed by atoms with E-state index in [1.54, 1.807) is 0 Å². The lowest BCUT2D eigenvalue weighted by atomic mass is 9.77. The van der Waals surface area contributed by atoms with Crippen molar-refractivity contribution < 1.29 is 24.2 Å². The summed E-state index contributed by atoms with van der Waals surface area (Å²) in [6.07, 6.45) is 9.95. The van der Waals surface area contributed by atoms with E-state index in [4.69, 9.17) is 9.47 Å². The molecule has 2 saturated heterocycles. The van der Waals surface area contributed by atoms with Crippen LogP contribution in [0.15, 0.2) is 18.2 Å². The summed E-state index contributed by atoms with van der Waals surface area (Å²) in [5, 5.41) is 14.2. The van der Waals surface area contributed by atoms with Crippen molar-refractivity contribution in [2.45, 2.75) is 101 Å². The number of aliphatic hydroxyl groups is 1. The number of amides is 2. The topological polar surface area (TPSA) is 91.3 Å². The maximum Gasteiger partial charge on any atom is 0.246 e. The number of likely N-dealkylation sites (tertiary alicyclic amines) is 1. The van der Waals surface area contributed by atoms with Crippen LogP contribution in [0.25, 0.3) is 0 Å². The lowest BCUT2D eigenvalue weighted by molar-refractivity contribution is -0.163. The molecule has 204 valence electrons. The van der Waals surface area contributed by atoms with Crippen LogP contribution in [0.2, 0.25) is 0 Å². The van der Waals surface area contributed by atoms with Crippen molar-refractivity contribution in [2.24, 2.45) is 0 Å². The first-order valence-corrected chi connectivity index (χ1v) is 14.4. The third kappa shape index (κ3) is 5.46. The number of nitrogens with one attached hydrogen (secondary N) is 1. The fourth-order valence-electron chi connectivity index (χ4n) is 6.77. The number of para-hydroxylation sites is 1. The summed E-state index contributed by atoms with van der Waals surface area (Å²) >= 11 is 0. The molecule has 1 atom stereocenters. The number of carbonyl (C=O) groups is 2. The van der Waals surface area contributed by atoms with E-state index in [0.717, 1.165) is 76.1 Å². The zero-order chi connectivity index (χ0) is 25.9. The van der Waals surface area contributed by atoms with Crippen LogP contribution in [-0.2, 0) is 16.0 Å². The highest BCUT2D eigenvalue weighted by Crippen LogP contribution is 2.38. The smallest absolute Gasteiger partial charge is 0.246 e. The van der Waals surface area contributed by atoms with Crippen molar-refractivity contribution in [3.8, 4) is 11.5 Å². The molecule has 8 heteroatoms. The van der Waals surface area contributed by atoms with E-state index in [1.807, 2.05) is 17.0 Å². The molecule has 1 aromatic carbocycles. The number of rotatable bonds is 9. The first-order valence-electron chi connectivity index (χ1n) is 14.4. The Morgan fingerprint density at radius 2 is 1.81 bits per heavy atom. The van der Waals surface area contributed by atoms with Gasteiger partial charge in [-0.1, -0.05) is 44.7 Å². The van der Waals surface area contributed by atoms with Gasteiger partial charge >= 0.3 is 0 Å². The summed E-state index contributed by atoms with van der Waals surface area (Å²) in [5.74, 6) is 1.67. The molecule has 1 saturated carbocycles. The van der Waals surface area contributed by atoms with Gasteiger partial charge in [-0.2, -0.15) is 0 Å². The number of benzene rings is 1. The van der Waals surface area contributed by atoms with E-state index in [0.29, 0.717) is 38.6 Å². The van der Waals surface area contributed by atoms with Gasteiger partial charge in [-0.15, -0.1) is 0 Å². The van der Waals surface area contributed by atoms with Crippen LogP contribution in [0, 0.1) is 0 Å². The van der Waals surface area contributed by atoms with E-state index in [9.17, 15) is 14.7 Å². The summed E-state index contributed by atoms with van der Waals surface area (Å²) in [6.45, 7) is 5.55. The summed E-state index contributed by atoms with van der Waals surface area (Å²) in [4.78, 5) is 31.7. The lowest BCUT2D eigenvalue weighted by Crippen LogP contribution is -2.73. The van der Waals surface area contributed by atoms with Crippen LogP contribution in [0.4, 0.5) is 0 Å². The Balaban J connectivity index is 1.20. The Kier molecular flexibility index (Phi) is 7.96. The van der Waals surface area contributed by atoms with Gasteiger partial charge < -0.3 is 29.7 Å². The van der Waals surface area contributed by atoms with Gasteiger partial charge in [0.25, 0.3) is 0 Å². The number of hydrogen-bond donors (Lipinski definition) is 2. The van der Waals surface area contributed by atoms with E-state index in [2.05, 4.69) is 23.2 Å². The Morgan fingerprint density at radius 1 is 1.03 bits per heavy atom. The Hall–Kier alpha value is -2.32. The molecule has 3 aliphatic heterocycles. The highest BCUT2D eigenvalue weighted by Gasteiger charge is 2.54. The molecule has 0 radical (unpaired) electrons. The van der Waals surface area contributed by atoms with Gasteiger partial charge in [-0.25, -0.2) is 0 Å². The number of ether oxygens (including phenoxy) is 2.